The third-order valence-electron chi connectivity index (χ3n) is 2.78. The van der Waals surface area contributed by atoms with Crippen LogP contribution in [0, 0.1) is 12.3 Å². The van der Waals surface area contributed by atoms with E-state index in [1.165, 1.54) is 5.56 Å². The van der Waals surface area contributed by atoms with Crippen molar-refractivity contribution < 1.29 is 4.79 Å². The van der Waals surface area contributed by atoms with E-state index >= 15 is 0 Å². The number of aromatic nitrogens is 2. The number of fused-ring (bicyclic) bond motifs is 1. The highest BCUT2D eigenvalue weighted by molar-refractivity contribution is 5.82. The minimum absolute atomic E-state index is 0.194. The number of hydrogen-bond acceptors (Lipinski definition) is 2. The van der Waals surface area contributed by atoms with Crippen LogP contribution in [0.3, 0.4) is 0 Å². The lowest BCUT2D eigenvalue weighted by Gasteiger charge is -2.25. The lowest BCUT2D eigenvalue weighted by atomic mass is 9.95. The molecule has 4 nitrogen and oxygen atoms in total. The maximum atomic E-state index is 12.0. The minimum atomic E-state index is -0.304. The van der Waals surface area contributed by atoms with Crippen LogP contribution in [0.15, 0.2) is 0 Å². The summed E-state index contributed by atoms with van der Waals surface area (Å²) in [5.74, 6) is 0.194. The number of carbonyl (C=O) groups excluding carboxylic acids is 1. The highest BCUT2D eigenvalue weighted by Crippen LogP contribution is 2.27. The number of aromatic amines is 1. The standard InChI is InChI=1S/C11H17N3O/c1-7-8-5-14(6-9(8)13-12-7)10(15)11(2,3)4/h5-6H2,1-4H3,(H,12,13). The molecule has 0 atom stereocenters. The number of rotatable bonds is 0. The summed E-state index contributed by atoms with van der Waals surface area (Å²) in [6.07, 6.45) is 0. The van der Waals surface area contributed by atoms with Gasteiger partial charge in [0.15, 0.2) is 0 Å². The summed E-state index contributed by atoms with van der Waals surface area (Å²) in [5.41, 5.74) is 2.98. The second-order valence-corrected chi connectivity index (χ2v) is 5.19. The van der Waals surface area contributed by atoms with Crippen molar-refractivity contribution >= 4 is 5.91 Å². The second kappa shape index (κ2) is 3.08. The minimum Gasteiger partial charge on any atom is -0.332 e. The number of nitrogens with zero attached hydrogens (tertiary/aromatic N) is 2. The Labute approximate surface area is 89.7 Å². The van der Waals surface area contributed by atoms with Crippen molar-refractivity contribution in [3.63, 3.8) is 0 Å². The molecule has 0 saturated heterocycles. The van der Waals surface area contributed by atoms with Crippen LogP contribution in [0.4, 0.5) is 0 Å². The van der Waals surface area contributed by atoms with Gasteiger partial charge in [0.2, 0.25) is 5.91 Å². The molecule has 2 rings (SSSR count). The van der Waals surface area contributed by atoms with Gasteiger partial charge in [-0.05, 0) is 6.92 Å². The molecular weight excluding hydrogens is 190 g/mol. The summed E-state index contributed by atoms with van der Waals surface area (Å²) < 4.78 is 0. The summed E-state index contributed by atoms with van der Waals surface area (Å²) in [6.45, 7) is 9.20. The van der Waals surface area contributed by atoms with E-state index in [2.05, 4.69) is 10.2 Å². The second-order valence-electron chi connectivity index (χ2n) is 5.19. The van der Waals surface area contributed by atoms with E-state index in [0.717, 1.165) is 11.4 Å². The van der Waals surface area contributed by atoms with Crippen LogP contribution in [0.5, 0.6) is 0 Å². The van der Waals surface area contributed by atoms with Crippen molar-refractivity contribution in [2.75, 3.05) is 0 Å². The lowest BCUT2D eigenvalue weighted by molar-refractivity contribution is -0.140. The van der Waals surface area contributed by atoms with E-state index in [1.807, 2.05) is 32.6 Å². The van der Waals surface area contributed by atoms with Gasteiger partial charge in [0.25, 0.3) is 0 Å². The fourth-order valence-electron chi connectivity index (χ4n) is 1.89. The first-order valence-corrected chi connectivity index (χ1v) is 5.21. The first-order valence-electron chi connectivity index (χ1n) is 5.21. The van der Waals surface area contributed by atoms with Crippen molar-refractivity contribution in [1.82, 2.24) is 15.1 Å². The number of carbonyl (C=O) groups is 1. The molecule has 0 spiro atoms. The fourth-order valence-corrected chi connectivity index (χ4v) is 1.89. The maximum Gasteiger partial charge on any atom is 0.228 e. The zero-order valence-electron chi connectivity index (χ0n) is 9.72. The van der Waals surface area contributed by atoms with Crippen LogP contribution in [0.25, 0.3) is 0 Å². The Bertz CT molecular complexity index is 400. The van der Waals surface area contributed by atoms with Crippen LogP contribution < -0.4 is 0 Å². The van der Waals surface area contributed by atoms with E-state index in [1.54, 1.807) is 0 Å². The third-order valence-corrected chi connectivity index (χ3v) is 2.78. The van der Waals surface area contributed by atoms with Gasteiger partial charge in [0, 0.05) is 23.2 Å². The van der Waals surface area contributed by atoms with Crippen molar-refractivity contribution in [3.05, 3.63) is 17.0 Å². The summed E-state index contributed by atoms with van der Waals surface area (Å²) in [4.78, 5) is 13.9. The van der Waals surface area contributed by atoms with Gasteiger partial charge >= 0.3 is 0 Å². The van der Waals surface area contributed by atoms with Gasteiger partial charge in [-0.2, -0.15) is 5.10 Å². The van der Waals surface area contributed by atoms with Crippen molar-refractivity contribution in [1.29, 1.82) is 0 Å². The number of H-pyrrole nitrogens is 1. The Balaban J connectivity index is 2.17. The topological polar surface area (TPSA) is 49.0 Å². The molecular formula is C11H17N3O. The smallest absolute Gasteiger partial charge is 0.228 e. The predicted molar refractivity (Wildman–Crippen MR) is 57.0 cm³/mol. The quantitative estimate of drug-likeness (QED) is 0.702. The van der Waals surface area contributed by atoms with Crippen LogP contribution in [0.2, 0.25) is 0 Å². The zero-order valence-corrected chi connectivity index (χ0v) is 9.72. The molecule has 0 aliphatic carbocycles. The summed E-state index contributed by atoms with van der Waals surface area (Å²) in [7, 11) is 0. The molecule has 1 amide bonds. The van der Waals surface area contributed by atoms with Crippen LogP contribution in [0.1, 0.15) is 37.7 Å². The zero-order chi connectivity index (χ0) is 11.2. The molecule has 1 aliphatic heterocycles. The first kappa shape index (κ1) is 10.2. The molecule has 0 unspecified atom stereocenters. The molecule has 1 aromatic rings. The predicted octanol–water partition coefficient (Wildman–Crippen LogP) is 1.61. The van der Waals surface area contributed by atoms with Crippen molar-refractivity contribution in [2.45, 2.75) is 40.8 Å². The SMILES string of the molecule is Cc1[nH]nc2c1CN(C(=O)C(C)(C)C)C2. The van der Waals surface area contributed by atoms with Crippen LogP contribution >= 0.6 is 0 Å². The molecule has 2 heterocycles. The van der Waals surface area contributed by atoms with Crippen LogP contribution in [-0.4, -0.2) is 21.0 Å². The Hall–Kier alpha value is -1.32. The molecule has 82 valence electrons. The normalized spacial score (nSPS) is 15.6. The number of hydrogen-bond donors (Lipinski definition) is 1. The van der Waals surface area contributed by atoms with E-state index < -0.39 is 0 Å². The van der Waals surface area contributed by atoms with Crippen molar-refractivity contribution in [2.24, 2.45) is 5.41 Å². The molecule has 1 N–H and O–H groups in total. The third kappa shape index (κ3) is 1.64. The average molecular weight is 207 g/mol. The Morgan fingerprint density at radius 2 is 2.07 bits per heavy atom. The Morgan fingerprint density at radius 1 is 1.40 bits per heavy atom. The first-order chi connectivity index (χ1) is 6.89. The summed E-state index contributed by atoms with van der Waals surface area (Å²) in [6, 6.07) is 0. The molecule has 4 heteroatoms. The maximum absolute atomic E-state index is 12.0. The highest BCUT2D eigenvalue weighted by Gasteiger charge is 2.33. The van der Waals surface area contributed by atoms with Gasteiger partial charge in [0.1, 0.15) is 0 Å². The average Bonchev–Trinajstić information content (AvgIpc) is 2.66. The van der Waals surface area contributed by atoms with Crippen molar-refractivity contribution in [3.8, 4) is 0 Å². The summed E-state index contributed by atoms with van der Waals surface area (Å²) in [5, 5.41) is 7.14. The number of aryl methyl sites for hydroxylation is 1. The molecule has 1 aromatic heterocycles. The fraction of sp³-hybridized carbons (Fsp3) is 0.636. The van der Waals surface area contributed by atoms with Gasteiger partial charge in [-0.25, -0.2) is 0 Å². The monoisotopic (exact) mass is 207 g/mol. The Morgan fingerprint density at radius 3 is 2.60 bits per heavy atom. The van der Waals surface area contributed by atoms with E-state index in [9.17, 15) is 4.79 Å². The lowest BCUT2D eigenvalue weighted by Crippen LogP contribution is -2.36. The van der Waals surface area contributed by atoms with E-state index in [4.69, 9.17) is 0 Å². The van der Waals surface area contributed by atoms with E-state index in [-0.39, 0.29) is 11.3 Å². The molecule has 0 aromatic carbocycles. The highest BCUT2D eigenvalue weighted by atomic mass is 16.2. The molecule has 15 heavy (non-hydrogen) atoms. The molecule has 0 radical (unpaired) electrons. The summed E-state index contributed by atoms with van der Waals surface area (Å²) >= 11 is 0. The molecule has 0 saturated carbocycles. The number of nitrogens with one attached hydrogen (secondary N) is 1. The molecule has 0 bridgehead atoms. The largest absolute Gasteiger partial charge is 0.332 e. The Kier molecular flexibility index (Phi) is 2.10. The number of amides is 1. The van der Waals surface area contributed by atoms with Gasteiger partial charge in [-0.1, -0.05) is 20.8 Å². The van der Waals surface area contributed by atoms with Crippen LogP contribution in [-0.2, 0) is 17.9 Å². The molecule has 1 aliphatic rings. The van der Waals surface area contributed by atoms with E-state index in [0.29, 0.717) is 13.1 Å². The van der Waals surface area contributed by atoms with Gasteiger partial charge < -0.3 is 4.90 Å². The molecule has 0 fully saturated rings. The van der Waals surface area contributed by atoms with Gasteiger partial charge in [-0.3, -0.25) is 9.89 Å². The van der Waals surface area contributed by atoms with Gasteiger partial charge in [-0.15, -0.1) is 0 Å². The van der Waals surface area contributed by atoms with Gasteiger partial charge in [0.05, 0.1) is 12.2 Å².